The summed E-state index contributed by atoms with van der Waals surface area (Å²) >= 11 is 0. The first-order valence-electron chi connectivity index (χ1n) is 5.25. The fourth-order valence-electron chi connectivity index (χ4n) is 1.31. The van der Waals surface area contributed by atoms with Crippen LogP contribution in [0.15, 0.2) is 23.3 Å². The number of nitrogens with one attached hydrogen (secondary N) is 1. The van der Waals surface area contributed by atoms with Crippen LogP contribution in [0.25, 0.3) is 0 Å². The number of anilines is 1. The molecule has 0 fully saturated rings. The molecule has 3 N–H and O–H groups in total. The second-order valence-corrected chi connectivity index (χ2v) is 3.46. The van der Waals surface area contributed by atoms with Gasteiger partial charge in [-0.1, -0.05) is 6.07 Å². The number of nitriles is 2. The van der Waals surface area contributed by atoms with Crippen LogP contribution in [-0.4, -0.2) is 36.0 Å². The summed E-state index contributed by atoms with van der Waals surface area (Å²) < 4.78 is 4.53. The van der Waals surface area contributed by atoms with Gasteiger partial charge in [-0.2, -0.15) is 15.6 Å². The van der Waals surface area contributed by atoms with Crippen molar-refractivity contribution in [1.29, 1.82) is 10.5 Å². The number of carbonyl (C=O) groups is 1. The summed E-state index contributed by atoms with van der Waals surface area (Å²) in [5, 5.41) is 38.9. The lowest BCUT2D eigenvalue weighted by molar-refractivity contribution is 0.0601. The number of esters is 1. The molecule has 0 spiro atoms. The Morgan fingerprint density at radius 3 is 2.55 bits per heavy atom. The van der Waals surface area contributed by atoms with Crippen molar-refractivity contribution in [3.8, 4) is 12.1 Å². The van der Waals surface area contributed by atoms with E-state index in [9.17, 15) is 14.8 Å². The van der Waals surface area contributed by atoms with Crippen LogP contribution < -0.4 is 10.9 Å². The first-order chi connectivity index (χ1) is 9.53. The van der Waals surface area contributed by atoms with E-state index in [0.29, 0.717) is 0 Å². The SMILES string of the molecule is COC(=O)c1ccc(B(O)O)c(NN=C(C#N)C#N)c1. The van der Waals surface area contributed by atoms with E-state index in [2.05, 4.69) is 15.3 Å². The predicted octanol–water partition coefficient (Wildman–Crippen LogP) is -1.03. The third-order valence-electron chi connectivity index (χ3n) is 2.25. The summed E-state index contributed by atoms with van der Waals surface area (Å²) in [4.78, 5) is 11.4. The number of benzene rings is 1. The lowest BCUT2D eigenvalue weighted by atomic mass is 9.78. The highest BCUT2D eigenvalue weighted by Crippen LogP contribution is 2.10. The van der Waals surface area contributed by atoms with Crippen LogP contribution in [0.1, 0.15) is 10.4 Å². The van der Waals surface area contributed by atoms with E-state index >= 15 is 0 Å². The van der Waals surface area contributed by atoms with E-state index in [-0.39, 0.29) is 16.7 Å². The molecule has 1 rings (SSSR count). The number of hydrogen-bond acceptors (Lipinski definition) is 8. The van der Waals surface area contributed by atoms with Crippen molar-refractivity contribution in [2.24, 2.45) is 5.10 Å². The summed E-state index contributed by atoms with van der Waals surface area (Å²) in [6.07, 6.45) is 0. The van der Waals surface area contributed by atoms with E-state index in [1.165, 1.54) is 37.4 Å². The molecule has 0 aliphatic heterocycles. The van der Waals surface area contributed by atoms with Crippen LogP contribution >= 0.6 is 0 Å². The van der Waals surface area contributed by atoms with Crippen molar-refractivity contribution in [2.75, 3.05) is 12.5 Å². The summed E-state index contributed by atoms with van der Waals surface area (Å²) in [5.74, 6) is -0.628. The lowest BCUT2D eigenvalue weighted by Crippen LogP contribution is -2.32. The maximum Gasteiger partial charge on any atom is 0.490 e. The number of ether oxygens (including phenoxy) is 1. The number of rotatable bonds is 4. The maximum atomic E-state index is 11.4. The number of hydrogen-bond donors (Lipinski definition) is 3. The molecule has 1 aromatic carbocycles. The van der Waals surface area contributed by atoms with Crippen LogP contribution in [0.3, 0.4) is 0 Å². The molecule has 0 radical (unpaired) electrons. The Balaban J connectivity index is 3.20. The molecule has 0 amide bonds. The monoisotopic (exact) mass is 272 g/mol. The normalized spacial score (nSPS) is 8.85. The van der Waals surface area contributed by atoms with Crippen molar-refractivity contribution in [3.63, 3.8) is 0 Å². The molecule has 1 aromatic rings. The van der Waals surface area contributed by atoms with Crippen molar-refractivity contribution in [3.05, 3.63) is 23.8 Å². The number of hydrazone groups is 1. The largest absolute Gasteiger partial charge is 0.490 e. The third kappa shape index (κ3) is 3.56. The van der Waals surface area contributed by atoms with Gasteiger partial charge in [0.2, 0.25) is 5.71 Å². The molecule has 0 bridgehead atoms. The minimum Gasteiger partial charge on any atom is -0.465 e. The molecule has 0 atom stereocenters. The van der Waals surface area contributed by atoms with Gasteiger partial charge in [0, 0.05) is 5.46 Å². The van der Waals surface area contributed by atoms with E-state index < -0.39 is 18.8 Å². The van der Waals surface area contributed by atoms with Gasteiger partial charge in [-0.05, 0) is 12.1 Å². The molecule has 0 aromatic heterocycles. The molecule has 8 nitrogen and oxygen atoms in total. The number of carbonyl (C=O) groups excluding carboxylic acids is 1. The van der Waals surface area contributed by atoms with Crippen LogP contribution in [0.5, 0.6) is 0 Å². The molecule has 0 saturated heterocycles. The van der Waals surface area contributed by atoms with Gasteiger partial charge in [0.25, 0.3) is 0 Å². The van der Waals surface area contributed by atoms with Gasteiger partial charge >= 0.3 is 13.1 Å². The minimum atomic E-state index is -1.81. The molecule has 20 heavy (non-hydrogen) atoms. The average molecular weight is 272 g/mol. The topological polar surface area (TPSA) is 139 Å². The average Bonchev–Trinajstić information content (AvgIpc) is 2.47. The van der Waals surface area contributed by atoms with E-state index in [1.807, 2.05) is 0 Å². The Labute approximate surface area is 114 Å². The smallest absolute Gasteiger partial charge is 0.465 e. The molecular formula is C11H9BN4O4. The first kappa shape index (κ1) is 15.2. The van der Waals surface area contributed by atoms with Crippen molar-refractivity contribution >= 4 is 29.9 Å². The van der Waals surface area contributed by atoms with Crippen molar-refractivity contribution in [1.82, 2.24) is 0 Å². The Morgan fingerprint density at radius 1 is 1.40 bits per heavy atom. The van der Waals surface area contributed by atoms with Gasteiger partial charge < -0.3 is 14.8 Å². The van der Waals surface area contributed by atoms with Gasteiger partial charge in [0.1, 0.15) is 12.1 Å². The Bertz CT molecular complexity index is 614. The highest BCUT2D eigenvalue weighted by atomic mass is 16.5. The quantitative estimate of drug-likeness (QED) is 0.275. The van der Waals surface area contributed by atoms with Crippen molar-refractivity contribution in [2.45, 2.75) is 0 Å². The lowest BCUT2D eigenvalue weighted by Gasteiger charge is -2.09. The van der Waals surface area contributed by atoms with Crippen LogP contribution in [0, 0.1) is 22.7 Å². The summed E-state index contributed by atoms with van der Waals surface area (Å²) in [6, 6.07) is 6.94. The zero-order chi connectivity index (χ0) is 15.1. The summed E-state index contributed by atoms with van der Waals surface area (Å²) in [6.45, 7) is 0. The van der Waals surface area contributed by atoms with Gasteiger partial charge in [-0.15, -0.1) is 0 Å². The Kier molecular flexibility index (Phi) is 5.24. The number of nitrogens with zero attached hydrogens (tertiary/aromatic N) is 3. The molecule has 100 valence electrons. The highest BCUT2D eigenvalue weighted by Gasteiger charge is 2.18. The van der Waals surface area contributed by atoms with E-state index in [0.717, 1.165) is 0 Å². The zero-order valence-corrected chi connectivity index (χ0v) is 10.4. The second-order valence-electron chi connectivity index (χ2n) is 3.46. The summed E-state index contributed by atoms with van der Waals surface area (Å²) in [7, 11) is -0.613. The highest BCUT2D eigenvalue weighted by molar-refractivity contribution is 6.60. The summed E-state index contributed by atoms with van der Waals surface area (Å²) in [5.41, 5.74) is 2.11. The van der Waals surface area contributed by atoms with Crippen molar-refractivity contribution < 1.29 is 19.6 Å². The first-order valence-corrected chi connectivity index (χ1v) is 5.25. The standard InChI is InChI=1S/C11H9BN4O4/c1-20-11(17)7-2-3-9(12(18)19)10(4-7)16-15-8(5-13)6-14/h2-4,16,18-19H,1H3. The molecule has 9 heteroatoms. The Morgan fingerprint density at radius 2 is 2.05 bits per heavy atom. The molecule has 0 heterocycles. The van der Waals surface area contributed by atoms with Crippen LogP contribution in [-0.2, 0) is 4.74 Å². The second kappa shape index (κ2) is 6.90. The van der Waals surface area contributed by atoms with Gasteiger partial charge in [-0.25, -0.2) is 4.79 Å². The van der Waals surface area contributed by atoms with Gasteiger partial charge in [0.05, 0.1) is 18.4 Å². The van der Waals surface area contributed by atoms with Gasteiger partial charge in [0.15, 0.2) is 0 Å². The van der Waals surface area contributed by atoms with Crippen LogP contribution in [0.4, 0.5) is 5.69 Å². The fourth-order valence-corrected chi connectivity index (χ4v) is 1.31. The Hall–Kier alpha value is -2.88. The molecule has 0 unspecified atom stereocenters. The third-order valence-corrected chi connectivity index (χ3v) is 2.25. The van der Waals surface area contributed by atoms with E-state index in [4.69, 9.17) is 10.5 Å². The zero-order valence-electron chi connectivity index (χ0n) is 10.4. The van der Waals surface area contributed by atoms with Gasteiger partial charge in [-0.3, -0.25) is 5.43 Å². The molecule has 0 aliphatic carbocycles. The van der Waals surface area contributed by atoms with E-state index in [1.54, 1.807) is 0 Å². The number of methoxy groups -OCH3 is 1. The fraction of sp³-hybridized carbons (Fsp3) is 0.0909. The van der Waals surface area contributed by atoms with Crippen LogP contribution in [0.2, 0.25) is 0 Å². The minimum absolute atomic E-state index is 0.0247. The molecule has 0 aliphatic rings. The molecule has 0 saturated carbocycles. The predicted molar refractivity (Wildman–Crippen MR) is 69.9 cm³/mol. The molecular weight excluding hydrogens is 263 g/mol. The maximum absolute atomic E-state index is 11.4.